The topological polar surface area (TPSA) is 59.4 Å². The van der Waals surface area contributed by atoms with Crippen molar-refractivity contribution in [3.8, 4) is 17.0 Å². The number of hydrogen-bond acceptors (Lipinski definition) is 4. The number of rotatable bonds is 8. The Morgan fingerprint density at radius 2 is 2.10 bits per heavy atom. The van der Waals surface area contributed by atoms with Crippen LogP contribution in [0.1, 0.15) is 24.5 Å². The minimum absolute atomic E-state index is 0.0246. The zero-order valence-electron chi connectivity index (χ0n) is 17.6. The number of hydrogen-bond donors (Lipinski definition) is 1. The molecule has 156 valence electrons. The fourth-order valence-corrected chi connectivity index (χ4v) is 3.89. The van der Waals surface area contributed by atoms with Crippen LogP contribution in [0.2, 0.25) is 0 Å². The summed E-state index contributed by atoms with van der Waals surface area (Å²) in [4.78, 5) is 14.9. The first kappa shape index (κ1) is 20.0. The largest absolute Gasteiger partial charge is 0.488 e. The average Bonchev–Trinajstić information content (AvgIpc) is 3.17. The lowest BCUT2D eigenvalue weighted by atomic mass is 10.0. The molecule has 1 N–H and O–H groups in total. The van der Waals surface area contributed by atoms with Crippen LogP contribution in [-0.2, 0) is 17.9 Å². The first-order chi connectivity index (χ1) is 14.7. The van der Waals surface area contributed by atoms with Gasteiger partial charge in [-0.15, -0.1) is 0 Å². The van der Waals surface area contributed by atoms with Crippen LogP contribution in [0.15, 0.2) is 54.7 Å². The number of nitrogens with one attached hydrogen (secondary N) is 1. The quantitative estimate of drug-likeness (QED) is 0.581. The molecule has 0 spiro atoms. The number of amides is 1. The van der Waals surface area contributed by atoms with Gasteiger partial charge in [0.25, 0.3) is 0 Å². The van der Waals surface area contributed by atoms with Crippen molar-refractivity contribution in [2.45, 2.75) is 33.4 Å². The molecule has 1 aliphatic heterocycles. The third-order valence-electron chi connectivity index (χ3n) is 5.41. The van der Waals surface area contributed by atoms with Crippen LogP contribution in [0, 0.1) is 6.92 Å². The van der Waals surface area contributed by atoms with E-state index < -0.39 is 0 Å². The van der Waals surface area contributed by atoms with Crippen LogP contribution < -0.4 is 15.0 Å². The van der Waals surface area contributed by atoms with E-state index in [1.165, 1.54) is 11.3 Å². The molecule has 0 unspecified atom stereocenters. The molecular weight excluding hydrogens is 376 g/mol. The van der Waals surface area contributed by atoms with Crippen molar-refractivity contribution >= 4 is 11.6 Å². The number of ether oxygens (including phenoxy) is 1. The molecule has 1 aromatic heterocycles. The molecular formula is C24H28N4O2. The molecule has 1 aliphatic rings. The molecule has 0 aliphatic carbocycles. The normalized spacial score (nSPS) is 11.9. The molecule has 2 heterocycles. The summed E-state index contributed by atoms with van der Waals surface area (Å²) in [5.41, 5.74) is 5.46. The summed E-state index contributed by atoms with van der Waals surface area (Å²) in [5, 5.41) is 7.46. The van der Waals surface area contributed by atoms with Crippen molar-refractivity contribution in [3.63, 3.8) is 0 Å². The molecule has 6 nitrogen and oxygen atoms in total. The van der Waals surface area contributed by atoms with E-state index >= 15 is 0 Å². The second kappa shape index (κ2) is 9.03. The van der Waals surface area contributed by atoms with Gasteiger partial charge >= 0.3 is 0 Å². The highest BCUT2D eigenvalue weighted by molar-refractivity contribution is 5.78. The summed E-state index contributed by atoms with van der Waals surface area (Å²) in [7, 11) is 0. The van der Waals surface area contributed by atoms with Gasteiger partial charge in [-0.25, -0.2) is 0 Å². The molecule has 0 saturated heterocycles. The first-order valence-corrected chi connectivity index (χ1v) is 10.5. The first-order valence-electron chi connectivity index (χ1n) is 10.5. The van der Waals surface area contributed by atoms with E-state index in [9.17, 15) is 4.79 Å². The van der Waals surface area contributed by atoms with Crippen molar-refractivity contribution in [3.05, 3.63) is 65.9 Å². The van der Waals surface area contributed by atoms with E-state index in [2.05, 4.69) is 53.4 Å². The zero-order chi connectivity index (χ0) is 20.9. The second-order valence-electron chi connectivity index (χ2n) is 7.58. The molecule has 0 radical (unpaired) electrons. The van der Waals surface area contributed by atoms with Gasteiger partial charge in [-0.2, -0.15) is 5.10 Å². The molecule has 0 bridgehead atoms. The number of para-hydroxylation sites is 1. The molecule has 4 rings (SSSR count). The number of fused-ring (bicyclic) bond motifs is 3. The van der Waals surface area contributed by atoms with Gasteiger partial charge < -0.3 is 15.0 Å². The third-order valence-corrected chi connectivity index (χ3v) is 5.41. The van der Waals surface area contributed by atoms with Crippen LogP contribution in [0.25, 0.3) is 11.3 Å². The van der Waals surface area contributed by atoms with Gasteiger partial charge in [0.2, 0.25) is 5.91 Å². The van der Waals surface area contributed by atoms with E-state index in [1.807, 2.05) is 24.3 Å². The maximum atomic E-state index is 12.5. The van der Waals surface area contributed by atoms with Gasteiger partial charge in [-0.3, -0.25) is 9.48 Å². The minimum Gasteiger partial charge on any atom is -0.488 e. The van der Waals surface area contributed by atoms with E-state index in [4.69, 9.17) is 4.74 Å². The van der Waals surface area contributed by atoms with Crippen molar-refractivity contribution in [2.24, 2.45) is 0 Å². The third kappa shape index (κ3) is 4.32. The standard InChI is InChI=1S/C24H28N4O2/c1-3-27(20-9-6-8-18(2)14-20)13-7-12-25-23(29)16-28-24-19(15-26-28)17-30-22-11-5-4-10-21(22)24/h4-6,8-11,14-15H,3,7,12-13,16-17H2,1-2H3,(H,25,29). The molecule has 0 saturated carbocycles. The molecule has 0 fully saturated rings. The predicted molar refractivity (Wildman–Crippen MR) is 119 cm³/mol. The molecule has 6 heteroatoms. The Hall–Kier alpha value is -3.28. The summed E-state index contributed by atoms with van der Waals surface area (Å²) in [6.45, 7) is 7.45. The summed E-state index contributed by atoms with van der Waals surface area (Å²) in [6.07, 6.45) is 2.68. The Morgan fingerprint density at radius 3 is 2.93 bits per heavy atom. The molecule has 1 amide bonds. The zero-order valence-corrected chi connectivity index (χ0v) is 17.6. The van der Waals surface area contributed by atoms with Crippen molar-refractivity contribution in [1.29, 1.82) is 0 Å². The van der Waals surface area contributed by atoms with Gasteiger partial charge in [0.15, 0.2) is 0 Å². The number of carbonyl (C=O) groups excluding carboxylic acids is 1. The number of carbonyl (C=O) groups is 1. The molecule has 0 atom stereocenters. The fourth-order valence-electron chi connectivity index (χ4n) is 3.89. The van der Waals surface area contributed by atoms with Gasteiger partial charge in [0.05, 0.1) is 11.9 Å². The lowest BCUT2D eigenvalue weighted by Crippen LogP contribution is -2.32. The van der Waals surface area contributed by atoms with Gasteiger partial charge in [0, 0.05) is 36.4 Å². The lowest BCUT2D eigenvalue weighted by molar-refractivity contribution is -0.121. The highest BCUT2D eigenvalue weighted by Crippen LogP contribution is 2.36. The number of anilines is 1. The van der Waals surface area contributed by atoms with E-state index in [1.54, 1.807) is 10.9 Å². The van der Waals surface area contributed by atoms with Crippen LogP contribution in [0.4, 0.5) is 5.69 Å². The fraction of sp³-hybridized carbons (Fsp3) is 0.333. The number of aromatic nitrogens is 2. The number of nitrogens with zero attached hydrogens (tertiary/aromatic N) is 3. The summed E-state index contributed by atoms with van der Waals surface area (Å²) >= 11 is 0. The molecule has 2 aromatic carbocycles. The Morgan fingerprint density at radius 1 is 1.23 bits per heavy atom. The summed E-state index contributed by atoms with van der Waals surface area (Å²) in [6, 6.07) is 16.4. The number of benzene rings is 2. The van der Waals surface area contributed by atoms with Gasteiger partial charge in [0.1, 0.15) is 18.9 Å². The van der Waals surface area contributed by atoms with Crippen molar-refractivity contribution in [1.82, 2.24) is 15.1 Å². The van der Waals surface area contributed by atoms with Crippen LogP contribution in [0.3, 0.4) is 0 Å². The van der Waals surface area contributed by atoms with E-state index in [0.29, 0.717) is 13.2 Å². The molecule has 3 aromatic rings. The average molecular weight is 405 g/mol. The summed E-state index contributed by atoms with van der Waals surface area (Å²) in [5.74, 6) is 0.812. The maximum absolute atomic E-state index is 12.5. The van der Waals surface area contributed by atoms with Crippen LogP contribution in [0.5, 0.6) is 5.75 Å². The van der Waals surface area contributed by atoms with Crippen molar-refractivity contribution in [2.75, 3.05) is 24.5 Å². The Labute approximate surface area is 177 Å². The minimum atomic E-state index is -0.0246. The highest BCUT2D eigenvalue weighted by atomic mass is 16.5. The van der Waals surface area contributed by atoms with Crippen LogP contribution >= 0.6 is 0 Å². The smallest absolute Gasteiger partial charge is 0.241 e. The van der Waals surface area contributed by atoms with Crippen molar-refractivity contribution < 1.29 is 9.53 Å². The lowest BCUT2D eigenvalue weighted by Gasteiger charge is -2.23. The Kier molecular flexibility index (Phi) is 6.02. The van der Waals surface area contributed by atoms with Gasteiger partial charge in [-0.1, -0.05) is 24.3 Å². The van der Waals surface area contributed by atoms with E-state index in [0.717, 1.165) is 42.1 Å². The maximum Gasteiger partial charge on any atom is 0.241 e. The van der Waals surface area contributed by atoms with Gasteiger partial charge in [-0.05, 0) is 50.1 Å². The second-order valence-corrected chi connectivity index (χ2v) is 7.58. The van der Waals surface area contributed by atoms with Crippen LogP contribution in [-0.4, -0.2) is 35.3 Å². The SMILES string of the molecule is CCN(CCCNC(=O)Cn1ncc2c1-c1ccccc1OC2)c1cccc(C)c1. The monoisotopic (exact) mass is 404 g/mol. The molecule has 30 heavy (non-hydrogen) atoms. The predicted octanol–water partition coefficient (Wildman–Crippen LogP) is 3.78. The highest BCUT2D eigenvalue weighted by Gasteiger charge is 2.22. The Bertz CT molecular complexity index is 1030. The summed E-state index contributed by atoms with van der Waals surface area (Å²) < 4.78 is 7.54. The number of aryl methyl sites for hydroxylation is 1. The van der Waals surface area contributed by atoms with E-state index in [-0.39, 0.29) is 12.5 Å². The Balaban J connectivity index is 1.31.